The van der Waals surface area contributed by atoms with Crippen molar-refractivity contribution in [3.8, 4) is 5.75 Å². The summed E-state index contributed by atoms with van der Waals surface area (Å²) in [5.41, 5.74) is -1.63. The summed E-state index contributed by atoms with van der Waals surface area (Å²) in [6.45, 7) is 3.47. The number of rotatable bonds is 5. The van der Waals surface area contributed by atoms with Crippen LogP contribution < -0.4 is 10.1 Å². The van der Waals surface area contributed by atoms with Crippen LogP contribution in [0.15, 0.2) is 24.3 Å². The zero-order chi connectivity index (χ0) is 19.4. The van der Waals surface area contributed by atoms with E-state index in [1.54, 1.807) is 26.0 Å². The summed E-state index contributed by atoms with van der Waals surface area (Å²) < 4.78 is 5.91. The molecule has 4 fully saturated rings. The van der Waals surface area contributed by atoms with Gasteiger partial charge < -0.3 is 15.2 Å². The molecule has 0 radical (unpaired) electrons. The van der Waals surface area contributed by atoms with E-state index >= 15 is 0 Å². The van der Waals surface area contributed by atoms with Crippen LogP contribution in [0.25, 0.3) is 0 Å². The fourth-order valence-electron chi connectivity index (χ4n) is 5.70. The number of amides is 1. The second kappa shape index (κ2) is 6.40. The molecule has 1 aromatic carbocycles. The molecule has 4 saturated carbocycles. The molecule has 0 aliphatic heterocycles. The molecule has 0 saturated heterocycles. The number of ether oxygens (including phenoxy) is 1. The predicted octanol–water partition coefficient (Wildman–Crippen LogP) is 3.89. The topological polar surface area (TPSA) is 75.6 Å². The fourth-order valence-corrected chi connectivity index (χ4v) is 5.87. The first-order valence-corrected chi connectivity index (χ1v) is 10.1. The lowest BCUT2D eigenvalue weighted by Gasteiger charge is -2.58. The molecule has 4 aliphatic rings. The summed E-state index contributed by atoms with van der Waals surface area (Å²) in [5, 5.41) is 13.4. The second-order valence-corrected chi connectivity index (χ2v) is 9.50. The molecule has 1 aromatic rings. The van der Waals surface area contributed by atoms with Crippen molar-refractivity contribution in [2.24, 2.45) is 23.2 Å². The Labute approximate surface area is 164 Å². The Morgan fingerprint density at radius 2 is 1.81 bits per heavy atom. The number of carbonyl (C=O) groups is 2. The summed E-state index contributed by atoms with van der Waals surface area (Å²) in [5.74, 6) is 0.617. The number of halogens is 1. The van der Waals surface area contributed by atoms with Crippen molar-refractivity contribution in [2.45, 2.75) is 57.6 Å². The van der Waals surface area contributed by atoms with E-state index in [-0.39, 0.29) is 23.8 Å². The molecule has 2 atom stereocenters. The molecule has 5 nitrogen and oxygen atoms in total. The SMILES string of the molecule is CC(C)(Oc1ccccc1Cl)C(=O)NC1C2CC3CC1CC(C(=O)O)(C3)C2. The average Bonchev–Trinajstić information content (AvgIpc) is 2.59. The lowest BCUT2D eigenvalue weighted by molar-refractivity contribution is -0.168. The number of para-hydroxylation sites is 1. The monoisotopic (exact) mass is 391 g/mol. The van der Waals surface area contributed by atoms with E-state index in [4.69, 9.17) is 16.3 Å². The van der Waals surface area contributed by atoms with Crippen molar-refractivity contribution < 1.29 is 19.4 Å². The number of aliphatic carboxylic acids is 1. The normalized spacial score (nSPS) is 34.3. The van der Waals surface area contributed by atoms with Gasteiger partial charge in [0.25, 0.3) is 5.91 Å². The molecule has 4 bridgehead atoms. The Morgan fingerprint density at radius 1 is 1.19 bits per heavy atom. The number of nitrogens with one attached hydrogen (secondary N) is 1. The highest BCUT2D eigenvalue weighted by atomic mass is 35.5. The van der Waals surface area contributed by atoms with E-state index < -0.39 is 17.0 Å². The maximum Gasteiger partial charge on any atom is 0.309 e. The predicted molar refractivity (Wildman–Crippen MR) is 102 cm³/mol. The van der Waals surface area contributed by atoms with Crippen LogP contribution in [0.1, 0.15) is 46.0 Å². The van der Waals surface area contributed by atoms with Gasteiger partial charge in [0.15, 0.2) is 5.60 Å². The minimum Gasteiger partial charge on any atom is -0.481 e. The third-order valence-electron chi connectivity index (χ3n) is 6.77. The van der Waals surface area contributed by atoms with Gasteiger partial charge in [-0.3, -0.25) is 9.59 Å². The minimum atomic E-state index is -1.07. The second-order valence-electron chi connectivity index (χ2n) is 9.10. The summed E-state index contributed by atoms with van der Waals surface area (Å²) in [4.78, 5) is 24.8. The molecule has 27 heavy (non-hydrogen) atoms. The van der Waals surface area contributed by atoms with Crippen molar-refractivity contribution in [1.29, 1.82) is 0 Å². The number of carboxylic acid groups (broad SMARTS) is 1. The van der Waals surface area contributed by atoms with E-state index in [2.05, 4.69) is 5.32 Å². The van der Waals surface area contributed by atoms with Gasteiger partial charge >= 0.3 is 5.97 Å². The van der Waals surface area contributed by atoms with Gasteiger partial charge in [0.2, 0.25) is 0 Å². The highest BCUT2D eigenvalue weighted by Crippen LogP contribution is 2.60. The number of hydrogen-bond donors (Lipinski definition) is 2. The Kier molecular flexibility index (Phi) is 4.41. The van der Waals surface area contributed by atoms with Crippen molar-refractivity contribution in [3.63, 3.8) is 0 Å². The standard InChI is InChI=1S/C21H26ClNO4/c1-20(2,27-16-6-4-3-5-15(16)22)18(24)23-17-13-7-12-8-14(17)11-21(9-12,10-13)19(25)26/h3-6,12-14,17H,7-11H2,1-2H3,(H,23,24)(H,25,26). The molecule has 2 unspecified atom stereocenters. The van der Waals surface area contributed by atoms with Gasteiger partial charge in [0.1, 0.15) is 5.75 Å². The van der Waals surface area contributed by atoms with Crippen molar-refractivity contribution in [2.75, 3.05) is 0 Å². The lowest BCUT2D eigenvalue weighted by atomic mass is 9.48. The first-order valence-electron chi connectivity index (χ1n) is 9.68. The lowest BCUT2D eigenvalue weighted by Crippen LogP contribution is -2.63. The van der Waals surface area contributed by atoms with Crippen LogP contribution in [-0.4, -0.2) is 28.6 Å². The van der Waals surface area contributed by atoms with Gasteiger partial charge in [-0.05, 0) is 75.8 Å². The molecule has 5 rings (SSSR count). The molecule has 146 valence electrons. The van der Waals surface area contributed by atoms with Crippen LogP contribution in [0.5, 0.6) is 5.75 Å². The highest BCUT2D eigenvalue weighted by Gasteiger charge is 2.59. The van der Waals surface area contributed by atoms with Crippen LogP contribution in [0.3, 0.4) is 0 Å². The molecule has 6 heteroatoms. The third-order valence-corrected chi connectivity index (χ3v) is 7.09. The maximum atomic E-state index is 13.0. The van der Waals surface area contributed by atoms with Crippen LogP contribution >= 0.6 is 11.6 Å². The number of benzene rings is 1. The molecular weight excluding hydrogens is 366 g/mol. The quantitative estimate of drug-likeness (QED) is 0.798. The van der Waals surface area contributed by atoms with Gasteiger partial charge in [-0.2, -0.15) is 0 Å². The Hall–Kier alpha value is -1.75. The van der Waals surface area contributed by atoms with Crippen LogP contribution in [0, 0.1) is 23.2 Å². The molecule has 1 amide bonds. The van der Waals surface area contributed by atoms with Gasteiger partial charge in [-0.25, -0.2) is 0 Å². The first-order chi connectivity index (χ1) is 12.7. The molecule has 0 aromatic heterocycles. The van der Waals surface area contributed by atoms with Gasteiger partial charge in [0, 0.05) is 6.04 Å². The molecule has 0 heterocycles. The Morgan fingerprint density at radius 3 is 2.41 bits per heavy atom. The van der Waals surface area contributed by atoms with E-state index in [0.29, 0.717) is 29.5 Å². The fraction of sp³-hybridized carbons (Fsp3) is 0.619. The van der Waals surface area contributed by atoms with Crippen molar-refractivity contribution >= 4 is 23.5 Å². The third kappa shape index (κ3) is 3.20. The van der Waals surface area contributed by atoms with E-state index in [1.807, 2.05) is 12.1 Å². The number of carbonyl (C=O) groups excluding carboxylic acids is 1. The molecule has 4 aliphatic carbocycles. The Bertz CT molecular complexity index is 761. The van der Waals surface area contributed by atoms with Gasteiger partial charge in [-0.1, -0.05) is 23.7 Å². The van der Waals surface area contributed by atoms with E-state index in [1.165, 1.54) is 0 Å². The van der Waals surface area contributed by atoms with Crippen molar-refractivity contribution in [3.05, 3.63) is 29.3 Å². The molecule has 2 N–H and O–H groups in total. The maximum absolute atomic E-state index is 13.0. The summed E-state index contributed by atoms with van der Waals surface area (Å²) in [7, 11) is 0. The smallest absolute Gasteiger partial charge is 0.309 e. The van der Waals surface area contributed by atoms with Crippen LogP contribution in [-0.2, 0) is 9.59 Å². The zero-order valence-corrected chi connectivity index (χ0v) is 16.5. The van der Waals surface area contributed by atoms with E-state index in [0.717, 1.165) is 19.3 Å². The summed E-state index contributed by atoms with van der Waals surface area (Å²) in [6.07, 6.45) is 4.18. The summed E-state index contributed by atoms with van der Waals surface area (Å²) in [6, 6.07) is 7.15. The van der Waals surface area contributed by atoms with Gasteiger partial charge in [0.05, 0.1) is 10.4 Å². The van der Waals surface area contributed by atoms with E-state index in [9.17, 15) is 14.7 Å². The zero-order valence-electron chi connectivity index (χ0n) is 15.7. The van der Waals surface area contributed by atoms with Crippen molar-refractivity contribution in [1.82, 2.24) is 5.32 Å². The average molecular weight is 392 g/mol. The Balaban J connectivity index is 1.47. The number of carboxylic acids is 1. The first kappa shape index (κ1) is 18.6. The highest BCUT2D eigenvalue weighted by molar-refractivity contribution is 6.32. The largest absolute Gasteiger partial charge is 0.481 e. The summed E-state index contributed by atoms with van der Waals surface area (Å²) >= 11 is 6.16. The minimum absolute atomic E-state index is 0.0376. The van der Waals surface area contributed by atoms with Crippen LogP contribution in [0.4, 0.5) is 0 Å². The molecule has 0 spiro atoms. The molecular formula is C21H26ClNO4. The van der Waals surface area contributed by atoms with Crippen LogP contribution in [0.2, 0.25) is 5.02 Å². The number of hydrogen-bond acceptors (Lipinski definition) is 3. The van der Waals surface area contributed by atoms with Gasteiger partial charge in [-0.15, -0.1) is 0 Å².